The molecule has 1 aliphatic rings. The predicted molar refractivity (Wildman–Crippen MR) is 130 cm³/mol. The number of hydrogen-bond acceptors (Lipinski definition) is 3. The second-order valence-corrected chi connectivity index (χ2v) is 8.45. The molecule has 1 amide bonds. The number of benzene rings is 3. The van der Waals surface area contributed by atoms with Crippen LogP contribution in [0.4, 0.5) is 8.78 Å². The number of rotatable bonds is 6. The fourth-order valence-corrected chi connectivity index (χ4v) is 4.29. The zero-order valence-corrected chi connectivity index (χ0v) is 19.2. The SMILES string of the molecule is CN1C[C@H](CN)C[C@H]1CNC(=O)c1cc(-c2ccc(F)cc2)cc(-c2ccc(F)cc2)c1.Cl. The van der Waals surface area contributed by atoms with E-state index in [-0.39, 0.29) is 36.0 Å². The van der Waals surface area contributed by atoms with E-state index in [4.69, 9.17) is 5.73 Å². The highest BCUT2D eigenvalue weighted by Crippen LogP contribution is 2.29. The number of carbonyl (C=O) groups is 1. The first-order valence-corrected chi connectivity index (χ1v) is 10.8. The van der Waals surface area contributed by atoms with E-state index >= 15 is 0 Å². The van der Waals surface area contributed by atoms with Gasteiger partial charge in [0.1, 0.15) is 11.6 Å². The standard InChI is InChI=1S/C26H27F2N3O.ClH/c1-31-16-17(14-29)10-25(31)15-30-26(32)22-12-20(18-2-6-23(27)7-3-18)11-21(13-22)19-4-8-24(28)9-5-19;/h2-9,11-13,17,25H,10,14-16,29H2,1H3,(H,30,32);1H/t17-,25-;/m0./s1. The van der Waals surface area contributed by atoms with Gasteiger partial charge in [-0.2, -0.15) is 0 Å². The Labute approximate surface area is 199 Å². The van der Waals surface area contributed by atoms with Crippen LogP contribution >= 0.6 is 12.4 Å². The highest BCUT2D eigenvalue weighted by Gasteiger charge is 2.28. The molecule has 4 rings (SSSR count). The third-order valence-corrected chi connectivity index (χ3v) is 6.16. The van der Waals surface area contributed by atoms with Crippen molar-refractivity contribution in [3.05, 3.63) is 83.9 Å². The molecule has 7 heteroatoms. The Morgan fingerprint density at radius 2 is 1.45 bits per heavy atom. The largest absolute Gasteiger partial charge is 0.350 e. The number of amides is 1. The van der Waals surface area contributed by atoms with Crippen LogP contribution < -0.4 is 11.1 Å². The molecule has 2 atom stereocenters. The smallest absolute Gasteiger partial charge is 0.251 e. The van der Waals surface area contributed by atoms with Gasteiger partial charge < -0.3 is 16.0 Å². The number of likely N-dealkylation sites (N-methyl/N-ethyl adjacent to an activating group) is 1. The molecule has 0 bridgehead atoms. The Balaban J connectivity index is 0.00000306. The maximum Gasteiger partial charge on any atom is 0.251 e. The van der Waals surface area contributed by atoms with Gasteiger partial charge in [0.2, 0.25) is 0 Å². The molecule has 3 aromatic carbocycles. The van der Waals surface area contributed by atoms with Crippen molar-refractivity contribution < 1.29 is 13.6 Å². The van der Waals surface area contributed by atoms with Crippen LogP contribution in [0.2, 0.25) is 0 Å². The summed E-state index contributed by atoms with van der Waals surface area (Å²) in [5, 5.41) is 3.05. The molecule has 0 unspecified atom stereocenters. The minimum Gasteiger partial charge on any atom is -0.350 e. The molecular formula is C26H28ClF2N3O. The molecule has 0 spiro atoms. The molecule has 0 aromatic heterocycles. The van der Waals surface area contributed by atoms with Crippen LogP contribution in [-0.4, -0.2) is 43.5 Å². The summed E-state index contributed by atoms with van der Waals surface area (Å²) < 4.78 is 26.8. The van der Waals surface area contributed by atoms with Crippen molar-refractivity contribution in [3.8, 4) is 22.3 Å². The third kappa shape index (κ3) is 5.96. The Kier molecular flexibility index (Phi) is 8.19. The van der Waals surface area contributed by atoms with Gasteiger partial charge in [0.15, 0.2) is 0 Å². The van der Waals surface area contributed by atoms with Crippen molar-refractivity contribution >= 4 is 18.3 Å². The molecule has 0 radical (unpaired) electrons. The molecule has 174 valence electrons. The number of carbonyl (C=O) groups excluding carboxylic acids is 1. The van der Waals surface area contributed by atoms with E-state index < -0.39 is 0 Å². The van der Waals surface area contributed by atoms with Crippen molar-refractivity contribution in [2.24, 2.45) is 11.7 Å². The highest BCUT2D eigenvalue weighted by molar-refractivity contribution is 5.97. The van der Waals surface area contributed by atoms with Gasteiger partial charge >= 0.3 is 0 Å². The number of nitrogens with one attached hydrogen (secondary N) is 1. The van der Waals surface area contributed by atoms with Crippen LogP contribution in [0.3, 0.4) is 0 Å². The summed E-state index contributed by atoms with van der Waals surface area (Å²) >= 11 is 0. The molecule has 3 N–H and O–H groups in total. The van der Waals surface area contributed by atoms with E-state index in [2.05, 4.69) is 10.2 Å². The highest BCUT2D eigenvalue weighted by atomic mass is 35.5. The summed E-state index contributed by atoms with van der Waals surface area (Å²) in [6.45, 7) is 2.12. The molecule has 3 aromatic rings. The third-order valence-electron chi connectivity index (χ3n) is 6.16. The minimum atomic E-state index is -0.321. The van der Waals surface area contributed by atoms with Crippen molar-refractivity contribution in [3.63, 3.8) is 0 Å². The van der Waals surface area contributed by atoms with E-state index in [1.165, 1.54) is 24.3 Å². The fourth-order valence-electron chi connectivity index (χ4n) is 4.29. The van der Waals surface area contributed by atoms with Gasteiger partial charge in [-0.05, 0) is 90.6 Å². The second kappa shape index (κ2) is 10.9. The fraction of sp³-hybridized carbons (Fsp3) is 0.269. The Bertz CT molecular complexity index is 1030. The lowest BCUT2D eigenvalue weighted by atomic mass is 9.95. The van der Waals surface area contributed by atoms with Crippen molar-refractivity contribution in [2.75, 3.05) is 26.7 Å². The summed E-state index contributed by atoms with van der Waals surface area (Å²) in [4.78, 5) is 15.3. The number of nitrogens with two attached hydrogens (primary N) is 1. The quantitative estimate of drug-likeness (QED) is 0.546. The maximum atomic E-state index is 13.4. The monoisotopic (exact) mass is 471 g/mol. The van der Waals surface area contributed by atoms with Crippen LogP contribution in [0.1, 0.15) is 16.8 Å². The number of hydrogen-bond donors (Lipinski definition) is 2. The topological polar surface area (TPSA) is 58.4 Å². The van der Waals surface area contributed by atoms with Crippen LogP contribution in [0.5, 0.6) is 0 Å². The summed E-state index contributed by atoms with van der Waals surface area (Å²) in [5.74, 6) is -0.369. The lowest BCUT2D eigenvalue weighted by Gasteiger charge is -2.20. The first-order chi connectivity index (χ1) is 15.4. The first-order valence-electron chi connectivity index (χ1n) is 10.8. The van der Waals surface area contributed by atoms with Gasteiger partial charge in [-0.25, -0.2) is 8.78 Å². The van der Waals surface area contributed by atoms with E-state index in [9.17, 15) is 13.6 Å². The Morgan fingerprint density at radius 3 is 1.91 bits per heavy atom. The van der Waals surface area contributed by atoms with Gasteiger partial charge in [0.05, 0.1) is 0 Å². The van der Waals surface area contributed by atoms with Crippen molar-refractivity contribution in [2.45, 2.75) is 12.5 Å². The molecule has 1 saturated heterocycles. The normalized spacial score (nSPS) is 18.1. The van der Waals surface area contributed by atoms with Crippen LogP contribution in [0.25, 0.3) is 22.3 Å². The van der Waals surface area contributed by atoms with Crippen LogP contribution in [0, 0.1) is 17.6 Å². The predicted octanol–water partition coefficient (Wildman–Crippen LogP) is 4.73. The van der Waals surface area contributed by atoms with Crippen LogP contribution in [0.15, 0.2) is 66.7 Å². The molecule has 0 aliphatic carbocycles. The maximum absolute atomic E-state index is 13.4. The van der Waals surface area contributed by atoms with Gasteiger partial charge in [-0.1, -0.05) is 24.3 Å². The summed E-state index contributed by atoms with van der Waals surface area (Å²) in [6.07, 6.45) is 0.962. The average molecular weight is 472 g/mol. The number of likely N-dealkylation sites (tertiary alicyclic amines) is 1. The average Bonchev–Trinajstić information content (AvgIpc) is 3.17. The van der Waals surface area contributed by atoms with Gasteiger partial charge in [-0.3, -0.25) is 4.79 Å². The Hall–Kier alpha value is -2.80. The first kappa shape index (κ1) is 24.8. The minimum absolute atomic E-state index is 0. The molecule has 1 fully saturated rings. The van der Waals surface area contributed by atoms with E-state index in [1.807, 2.05) is 13.1 Å². The van der Waals surface area contributed by atoms with Gasteiger partial charge in [-0.15, -0.1) is 12.4 Å². The zero-order chi connectivity index (χ0) is 22.7. The molecule has 1 heterocycles. The lowest BCUT2D eigenvalue weighted by Crippen LogP contribution is -2.38. The molecule has 33 heavy (non-hydrogen) atoms. The zero-order valence-electron chi connectivity index (χ0n) is 18.4. The number of nitrogens with zero attached hydrogens (tertiary/aromatic N) is 1. The Morgan fingerprint density at radius 1 is 0.939 bits per heavy atom. The second-order valence-electron chi connectivity index (χ2n) is 8.45. The van der Waals surface area contributed by atoms with Crippen molar-refractivity contribution in [1.29, 1.82) is 0 Å². The summed E-state index contributed by atoms with van der Waals surface area (Å²) in [5.41, 5.74) is 9.48. The molecule has 4 nitrogen and oxygen atoms in total. The van der Waals surface area contributed by atoms with Crippen LogP contribution in [-0.2, 0) is 0 Å². The number of halogens is 3. The summed E-state index contributed by atoms with van der Waals surface area (Å²) in [7, 11) is 2.05. The van der Waals surface area contributed by atoms with Gasteiger partial charge in [0, 0.05) is 24.7 Å². The van der Waals surface area contributed by atoms with Crippen molar-refractivity contribution in [1.82, 2.24) is 10.2 Å². The van der Waals surface area contributed by atoms with E-state index in [0.29, 0.717) is 24.6 Å². The lowest BCUT2D eigenvalue weighted by molar-refractivity contribution is 0.0943. The molecule has 0 saturated carbocycles. The van der Waals surface area contributed by atoms with Gasteiger partial charge in [0.25, 0.3) is 5.91 Å². The molecular weight excluding hydrogens is 444 g/mol. The summed E-state index contributed by atoms with van der Waals surface area (Å²) in [6, 6.07) is 18.1. The van der Waals surface area contributed by atoms with E-state index in [0.717, 1.165) is 35.2 Å². The van der Waals surface area contributed by atoms with E-state index in [1.54, 1.807) is 36.4 Å². The molecule has 1 aliphatic heterocycles.